The van der Waals surface area contributed by atoms with Crippen molar-refractivity contribution < 1.29 is 9.46 Å². The molecule has 0 saturated carbocycles. The van der Waals surface area contributed by atoms with Gasteiger partial charge in [-0.1, -0.05) is 11.0 Å². The fraction of sp³-hybridized carbons (Fsp3) is 0.714. The van der Waals surface area contributed by atoms with Crippen LogP contribution in [-0.2, 0) is 4.57 Å². The summed E-state index contributed by atoms with van der Waals surface area (Å²) in [7, 11) is -2.27. The van der Waals surface area contributed by atoms with E-state index < -0.39 is 8.03 Å². The number of rotatable bonds is 1. The minimum Gasteiger partial charge on any atom is -0.591 e. The van der Waals surface area contributed by atoms with E-state index in [1.54, 1.807) is 0 Å². The van der Waals surface area contributed by atoms with Crippen molar-refractivity contribution in [3.05, 3.63) is 11.4 Å². The first-order chi connectivity index (χ1) is 4.80. The van der Waals surface area contributed by atoms with Crippen molar-refractivity contribution >= 4 is 8.03 Å². The molecule has 0 aromatic heterocycles. The molecule has 1 rings (SSSR count). The van der Waals surface area contributed by atoms with E-state index in [0.29, 0.717) is 5.31 Å². The summed E-state index contributed by atoms with van der Waals surface area (Å²) in [6, 6.07) is 0. The zero-order chi connectivity index (χ0) is 7.40. The van der Waals surface area contributed by atoms with Gasteiger partial charge in [-0.05, 0) is 25.3 Å². The highest BCUT2D eigenvalue weighted by molar-refractivity contribution is 7.41. The van der Waals surface area contributed by atoms with Gasteiger partial charge in [0, 0.05) is 6.42 Å². The minimum absolute atomic E-state index is 0.646. The fourth-order valence-corrected chi connectivity index (χ4v) is 1.78. The molecule has 0 aromatic carbocycles. The maximum atomic E-state index is 10.5. The first kappa shape index (κ1) is 7.90. The summed E-state index contributed by atoms with van der Waals surface area (Å²) in [6.07, 6.45) is 6.92. The topological polar surface area (TPSA) is 40.1 Å². The van der Waals surface area contributed by atoms with Crippen molar-refractivity contribution in [2.45, 2.75) is 32.1 Å². The quantitative estimate of drug-likeness (QED) is 0.547. The van der Waals surface area contributed by atoms with Crippen molar-refractivity contribution in [2.24, 2.45) is 0 Å². The van der Waals surface area contributed by atoms with Gasteiger partial charge in [-0.2, -0.15) is 0 Å². The Kier molecular flexibility index (Phi) is 3.04. The Labute approximate surface area is 61.8 Å². The van der Waals surface area contributed by atoms with Crippen molar-refractivity contribution in [3.8, 4) is 0 Å². The second kappa shape index (κ2) is 3.85. The van der Waals surface area contributed by atoms with Crippen molar-refractivity contribution in [2.75, 3.05) is 0 Å². The Morgan fingerprint density at radius 2 is 2.20 bits per heavy atom. The van der Waals surface area contributed by atoms with Crippen LogP contribution in [0.25, 0.3) is 0 Å². The highest BCUT2D eigenvalue weighted by atomic mass is 31.1. The third-order valence-electron chi connectivity index (χ3n) is 1.75. The van der Waals surface area contributed by atoms with Gasteiger partial charge >= 0.3 is 8.03 Å². The Morgan fingerprint density at radius 1 is 1.40 bits per heavy atom. The van der Waals surface area contributed by atoms with Gasteiger partial charge in [0.2, 0.25) is 0 Å². The lowest BCUT2D eigenvalue weighted by molar-refractivity contribution is -0.162. The molecular formula is C7H11O2P. The van der Waals surface area contributed by atoms with Gasteiger partial charge < -0.3 is 4.89 Å². The van der Waals surface area contributed by atoms with Crippen molar-refractivity contribution in [3.63, 3.8) is 0 Å². The summed E-state index contributed by atoms with van der Waals surface area (Å²) >= 11 is 0. The molecule has 1 atom stereocenters. The third kappa shape index (κ3) is 2.20. The molecule has 0 heterocycles. The molecule has 2 nitrogen and oxygen atoms in total. The van der Waals surface area contributed by atoms with E-state index >= 15 is 0 Å². The molecule has 0 saturated heterocycles. The largest absolute Gasteiger partial charge is 0.591 e. The van der Waals surface area contributed by atoms with Crippen LogP contribution in [0.15, 0.2) is 11.4 Å². The fourth-order valence-electron chi connectivity index (χ4n) is 1.16. The lowest BCUT2D eigenvalue weighted by Gasteiger charge is -1.91. The Balaban J connectivity index is 2.54. The SMILES string of the molecule is O=[P+]([O-])C1=CCCCCC1. The molecule has 1 aliphatic carbocycles. The molecule has 0 bridgehead atoms. The van der Waals surface area contributed by atoms with Crippen molar-refractivity contribution in [1.82, 2.24) is 0 Å². The molecule has 56 valence electrons. The van der Waals surface area contributed by atoms with Crippen molar-refractivity contribution in [1.29, 1.82) is 0 Å². The predicted octanol–water partition coefficient (Wildman–Crippen LogP) is 1.94. The summed E-state index contributed by atoms with van der Waals surface area (Å²) < 4.78 is 10.5. The average Bonchev–Trinajstić information content (AvgIpc) is 2.12. The molecule has 10 heavy (non-hydrogen) atoms. The number of hydrogen-bond acceptors (Lipinski definition) is 2. The summed E-state index contributed by atoms with van der Waals surface area (Å²) in [4.78, 5) is 10.5. The molecule has 0 fully saturated rings. The maximum absolute atomic E-state index is 10.5. The first-order valence-corrected chi connectivity index (χ1v) is 4.82. The Morgan fingerprint density at radius 3 is 2.90 bits per heavy atom. The van der Waals surface area contributed by atoms with E-state index in [-0.39, 0.29) is 0 Å². The summed E-state index contributed by atoms with van der Waals surface area (Å²) in [5.74, 6) is 0. The average molecular weight is 158 g/mol. The zero-order valence-electron chi connectivity index (χ0n) is 5.88. The van der Waals surface area contributed by atoms with Crippen LogP contribution in [0.4, 0.5) is 0 Å². The minimum atomic E-state index is -2.27. The normalized spacial score (nSPS) is 21.3. The molecule has 0 amide bonds. The van der Waals surface area contributed by atoms with Crippen LogP contribution in [-0.4, -0.2) is 0 Å². The van der Waals surface area contributed by atoms with Gasteiger partial charge in [-0.25, -0.2) is 0 Å². The standard InChI is InChI=1S/C7H11O2P/c8-10(9)7-5-3-1-2-4-6-7/h5H,1-4,6H2. The van der Waals surface area contributed by atoms with Crippen LogP contribution in [0.1, 0.15) is 32.1 Å². The zero-order valence-corrected chi connectivity index (χ0v) is 6.77. The van der Waals surface area contributed by atoms with Crippen LogP contribution in [0.2, 0.25) is 0 Å². The lowest BCUT2D eigenvalue weighted by atomic mass is 10.2. The second-order valence-corrected chi connectivity index (χ2v) is 3.64. The van der Waals surface area contributed by atoms with E-state index in [4.69, 9.17) is 0 Å². The molecular weight excluding hydrogens is 147 g/mol. The van der Waals surface area contributed by atoms with Gasteiger partial charge in [0.05, 0.1) is 0 Å². The van der Waals surface area contributed by atoms with Crippen LogP contribution < -0.4 is 4.89 Å². The van der Waals surface area contributed by atoms with Crippen LogP contribution in [0.3, 0.4) is 0 Å². The second-order valence-electron chi connectivity index (χ2n) is 2.55. The highest BCUT2D eigenvalue weighted by Gasteiger charge is 2.12. The van der Waals surface area contributed by atoms with Crippen LogP contribution in [0.5, 0.6) is 0 Å². The van der Waals surface area contributed by atoms with Gasteiger partial charge in [-0.3, -0.25) is 0 Å². The van der Waals surface area contributed by atoms with Crippen LogP contribution >= 0.6 is 8.03 Å². The van der Waals surface area contributed by atoms with E-state index in [0.717, 1.165) is 25.7 Å². The van der Waals surface area contributed by atoms with Crippen LogP contribution in [0, 0.1) is 0 Å². The van der Waals surface area contributed by atoms with Gasteiger partial charge in [0.1, 0.15) is 0 Å². The monoisotopic (exact) mass is 158 g/mol. The van der Waals surface area contributed by atoms with E-state index in [1.165, 1.54) is 6.42 Å². The molecule has 0 aromatic rings. The molecule has 0 N–H and O–H groups in total. The van der Waals surface area contributed by atoms with E-state index in [1.807, 2.05) is 6.08 Å². The molecule has 0 aliphatic heterocycles. The Hall–Kier alpha value is -0.200. The van der Waals surface area contributed by atoms with E-state index in [2.05, 4.69) is 0 Å². The maximum Gasteiger partial charge on any atom is 0.343 e. The predicted molar refractivity (Wildman–Crippen MR) is 38.8 cm³/mol. The highest BCUT2D eigenvalue weighted by Crippen LogP contribution is 2.30. The number of hydrogen-bond donors (Lipinski definition) is 0. The molecule has 0 radical (unpaired) electrons. The Bertz CT molecular complexity index is 163. The van der Waals surface area contributed by atoms with Gasteiger partial charge in [0.25, 0.3) is 0 Å². The van der Waals surface area contributed by atoms with Gasteiger partial charge in [-0.15, -0.1) is 0 Å². The molecule has 3 heteroatoms. The molecule has 0 spiro atoms. The van der Waals surface area contributed by atoms with Gasteiger partial charge in [0.15, 0.2) is 5.31 Å². The first-order valence-electron chi connectivity index (χ1n) is 3.64. The molecule has 1 unspecified atom stereocenters. The summed E-state index contributed by atoms with van der Waals surface area (Å²) in [6.45, 7) is 0. The lowest BCUT2D eigenvalue weighted by Crippen LogP contribution is -1.88. The smallest absolute Gasteiger partial charge is 0.343 e. The number of allylic oxidation sites excluding steroid dienone is 2. The third-order valence-corrected chi connectivity index (χ3v) is 2.63. The van der Waals surface area contributed by atoms with E-state index in [9.17, 15) is 9.46 Å². The molecule has 1 aliphatic rings. The summed E-state index contributed by atoms with van der Waals surface area (Å²) in [5.41, 5.74) is 0. The summed E-state index contributed by atoms with van der Waals surface area (Å²) in [5, 5.41) is 0.646.